The summed E-state index contributed by atoms with van der Waals surface area (Å²) in [5.74, 6) is -0.260. The molecule has 0 aliphatic rings. The van der Waals surface area contributed by atoms with Gasteiger partial charge < -0.3 is 5.73 Å². The van der Waals surface area contributed by atoms with Gasteiger partial charge in [0.2, 0.25) is 0 Å². The lowest BCUT2D eigenvalue weighted by Gasteiger charge is -2.05. The van der Waals surface area contributed by atoms with E-state index in [0.29, 0.717) is 11.7 Å². The number of pyridine rings is 1. The van der Waals surface area contributed by atoms with Crippen LogP contribution >= 0.6 is 11.6 Å². The normalized spacial score (nSPS) is 10.4. The van der Waals surface area contributed by atoms with Crippen LogP contribution in [0, 0.1) is 5.82 Å². The summed E-state index contributed by atoms with van der Waals surface area (Å²) in [6.07, 6.45) is 1.65. The van der Waals surface area contributed by atoms with E-state index in [1.807, 2.05) is 6.07 Å². The van der Waals surface area contributed by atoms with E-state index in [0.717, 1.165) is 16.7 Å². The molecule has 0 saturated heterocycles. The van der Waals surface area contributed by atoms with Gasteiger partial charge in [0, 0.05) is 23.9 Å². The predicted octanol–water partition coefficient (Wildman–Crippen LogP) is 3.00. The summed E-state index contributed by atoms with van der Waals surface area (Å²) >= 11 is 5.86. The van der Waals surface area contributed by atoms with E-state index in [2.05, 4.69) is 4.98 Å². The highest BCUT2D eigenvalue weighted by Gasteiger charge is 2.04. The van der Waals surface area contributed by atoms with Gasteiger partial charge in [0.25, 0.3) is 0 Å². The average molecular weight is 237 g/mol. The van der Waals surface area contributed by atoms with Crippen molar-refractivity contribution in [3.8, 4) is 11.1 Å². The van der Waals surface area contributed by atoms with Gasteiger partial charge >= 0.3 is 0 Å². The summed E-state index contributed by atoms with van der Waals surface area (Å²) in [6.45, 7) is 0.334. The van der Waals surface area contributed by atoms with Gasteiger partial charge in [-0.1, -0.05) is 23.7 Å². The third-order valence-electron chi connectivity index (χ3n) is 2.31. The predicted molar refractivity (Wildman–Crippen MR) is 62.5 cm³/mol. The standard InChI is InChI=1S/C12H10ClFN2/c13-12-9(6-15)5-10(7-16-12)8-1-3-11(14)4-2-8/h1-5,7H,6,15H2. The second-order valence-electron chi connectivity index (χ2n) is 3.38. The van der Waals surface area contributed by atoms with Crippen molar-refractivity contribution in [1.82, 2.24) is 4.98 Å². The van der Waals surface area contributed by atoms with E-state index in [-0.39, 0.29) is 5.82 Å². The fourth-order valence-electron chi connectivity index (χ4n) is 1.44. The zero-order chi connectivity index (χ0) is 11.5. The van der Waals surface area contributed by atoms with Crippen molar-refractivity contribution < 1.29 is 4.39 Å². The van der Waals surface area contributed by atoms with Crippen LogP contribution in [0.2, 0.25) is 5.15 Å². The summed E-state index contributed by atoms with van der Waals surface area (Å²) in [7, 11) is 0. The fourth-order valence-corrected chi connectivity index (χ4v) is 1.62. The Kier molecular flexibility index (Phi) is 3.17. The van der Waals surface area contributed by atoms with Crippen LogP contribution in [0.1, 0.15) is 5.56 Å². The minimum atomic E-state index is -0.260. The number of halogens is 2. The van der Waals surface area contributed by atoms with Crippen LogP contribution in [0.5, 0.6) is 0 Å². The van der Waals surface area contributed by atoms with Crippen molar-refractivity contribution in [2.24, 2.45) is 5.73 Å². The smallest absolute Gasteiger partial charge is 0.133 e. The first kappa shape index (κ1) is 11.0. The highest BCUT2D eigenvalue weighted by atomic mass is 35.5. The molecule has 0 spiro atoms. The first-order valence-electron chi connectivity index (χ1n) is 4.81. The summed E-state index contributed by atoms with van der Waals surface area (Å²) in [6, 6.07) is 8.07. The summed E-state index contributed by atoms with van der Waals surface area (Å²) in [4.78, 5) is 4.04. The molecule has 0 bridgehead atoms. The number of nitrogens with zero attached hydrogens (tertiary/aromatic N) is 1. The van der Waals surface area contributed by atoms with E-state index in [9.17, 15) is 4.39 Å². The maximum atomic E-state index is 12.8. The van der Waals surface area contributed by atoms with Crippen molar-refractivity contribution in [3.05, 3.63) is 53.1 Å². The molecule has 0 aliphatic carbocycles. The fraction of sp³-hybridized carbons (Fsp3) is 0.0833. The molecule has 0 radical (unpaired) electrons. The number of nitrogens with two attached hydrogens (primary N) is 1. The highest BCUT2D eigenvalue weighted by molar-refractivity contribution is 6.30. The minimum Gasteiger partial charge on any atom is -0.326 e. The lowest BCUT2D eigenvalue weighted by atomic mass is 10.1. The molecule has 16 heavy (non-hydrogen) atoms. The third kappa shape index (κ3) is 2.21. The third-order valence-corrected chi connectivity index (χ3v) is 2.65. The maximum Gasteiger partial charge on any atom is 0.133 e. The highest BCUT2D eigenvalue weighted by Crippen LogP contribution is 2.23. The van der Waals surface area contributed by atoms with Gasteiger partial charge in [-0.25, -0.2) is 9.37 Å². The Labute approximate surface area is 97.9 Å². The first-order valence-corrected chi connectivity index (χ1v) is 5.19. The van der Waals surface area contributed by atoms with Crippen LogP contribution < -0.4 is 5.73 Å². The largest absolute Gasteiger partial charge is 0.326 e. The molecule has 82 valence electrons. The number of hydrogen-bond donors (Lipinski definition) is 1. The molecule has 2 aromatic rings. The van der Waals surface area contributed by atoms with Gasteiger partial charge in [0.05, 0.1) is 0 Å². The molecule has 0 aliphatic heterocycles. The molecule has 4 heteroatoms. The number of rotatable bonds is 2. The first-order chi connectivity index (χ1) is 7.70. The van der Waals surface area contributed by atoms with E-state index < -0.39 is 0 Å². The van der Waals surface area contributed by atoms with Crippen LogP contribution in [0.4, 0.5) is 4.39 Å². The molecule has 1 heterocycles. The molecule has 2 nitrogen and oxygen atoms in total. The molecule has 0 fully saturated rings. The van der Waals surface area contributed by atoms with Crippen LogP contribution in [0.3, 0.4) is 0 Å². The number of aromatic nitrogens is 1. The van der Waals surface area contributed by atoms with Crippen LogP contribution in [0.25, 0.3) is 11.1 Å². The van der Waals surface area contributed by atoms with Crippen molar-refractivity contribution in [3.63, 3.8) is 0 Å². The lowest BCUT2D eigenvalue weighted by molar-refractivity contribution is 0.628. The van der Waals surface area contributed by atoms with E-state index >= 15 is 0 Å². The Bertz CT molecular complexity index is 497. The monoisotopic (exact) mass is 236 g/mol. The van der Waals surface area contributed by atoms with Gasteiger partial charge in [-0.15, -0.1) is 0 Å². The van der Waals surface area contributed by atoms with E-state index in [1.54, 1.807) is 18.3 Å². The molecular weight excluding hydrogens is 227 g/mol. The van der Waals surface area contributed by atoms with Gasteiger partial charge in [-0.2, -0.15) is 0 Å². The SMILES string of the molecule is NCc1cc(-c2ccc(F)cc2)cnc1Cl. The molecule has 0 unspecified atom stereocenters. The number of benzene rings is 1. The van der Waals surface area contributed by atoms with Crippen LogP contribution in [-0.4, -0.2) is 4.98 Å². The molecule has 1 aromatic heterocycles. The van der Waals surface area contributed by atoms with Gasteiger partial charge in [-0.3, -0.25) is 0 Å². The molecule has 1 aromatic carbocycles. The second-order valence-corrected chi connectivity index (χ2v) is 3.74. The zero-order valence-electron chi connectivity index (χ0n) is 8.45. The number of hydrogen-bond acceptors (Lipinski definition) is 2. The topological polar surface area (TPSA) is 38.9 Å². The molecule has 0 atom stereocenters. The zero-order valence-corrected chi connectivity index (χ0v) is 9.21. The Morgan fingerprint density at radius 3 is 2.50 bits per heavy atom. The van der Waals surface area contributed by atoms with E-state index in [1.165, 1.54) is 12.1 Å². The van der Waals surface area contributed by atoms with Gasteiger partial charge in [0.1, 0.15) is 11.0 Å². The van der Waals surface area contributed by atoms with Gasteiger partial charge in [0.15, 0.2) is 0 Å². The van der Waals surface area contributed by atoms with Gasteiger partial charge in [-0.05, 0) is 23.8 Å². The molecular formula is C12H10ClFN2. The van der Waals surface area contributed by atoms with Crippen LogP contribution in [0.15, 0.2) is 36.5 Å². The maximum absolute atomic E-state index is 12.8. The molecule has 0 saturated carbocycles. The summed E-state index contributed by atoms with van der Waals surface area (Å²) in [5, 5.41) is 0.411. The lowest BCUT2D eigenvalue weighted by Crippen LogP contribution is -1.99. The molecule has 0 amide bonds. The Balaban J connectivity index is 2.44. The summed E-state index contributed by atoms with van der Waals surface area (Å²) in [5.41, 5.74) is 8.09. The quantitative estimate of drug-likeness (QED) is 0.815. The average Bonchev–Trinajstić information content (AvgIpc) is 2.31. The Morgan fingerprint density at radius 1 is 1.19 bits per heavy atom. The minimum absolute atomic E-state index is 0.260. The van der Waals surface area contributed by atoms with Crippen molar-refractivity contribution in [2.75, 3.05) is 0 Å². The van der Waals surface area contributed by atoms with Crippen LogP contribution in [-0.2, 0) is 6.54 Å². The molecule has 2 rings (SSSR count). The van der Waals surface area contributed by atoms with E-state index in [4.69, 9.17) is 17.3 Å². The molecule has 2 N–H and O–H groups in total. The Hall–Kier alpha value is -1.45. The Morgan fingerprint density at radius 2 is 1.88 bits per heavy atom. The van der Waals surface area contributed by atoms with Crippen molar-refractivity contribution in [2.45, 2.75) is 6.54 Å². The second kappa shape index (κ2) is 4.60. The van der Waals surface area contributed by atoms with Crippen molar-refractivity contribution in [1.29, 1.82) is 0 Å². The summed E-state index contributed by atoms with van der Waals surface area (Å²) < 4.78 is 12.8. The van der Waals surface area contributed by atoms with Crippen molar-refractivity contribution >= 4 is 11.6 Å².